The number of hydrogen-bond donors (Lipinski definition) is 1. The van der Waals surface area contributed by atoms with Crippen molar-refractivity contribution in [1.82, 2.24) is 5.32 Å². The summed E-state index contributed by atoms with van der Waals surface area (Å²) in [6.07, 6.45) is 3.74. The third-order valence-corrected chi connectivity index (χ3v) is 3.29. The molecule has 1 aliphatic rings. The van der Waals surface area contributed by atoms with Gasteiger partial charge in [0.25, 0.3) is 0 Å². The zero-order valence-electron chi connectivity index (χ0n) is 11.9. The Morgan fingerprint density at radius 3 is 2.37 bits per heavy atom. The molecule has 0 saturated heterocycles. The first-order valence-electron chi connectivity index (χ1n) is 6.55. The van der Waals surface area contributed by atoms with Gasteiger partial charge in [-0.25, -0.2) is 4.79 Å². The van der Waals surface area contributed by atoms with Gasteiger partial charge in [0.2, 0.25) is 0 Å². The molecule has 19 heavy (non-hydrogen) atoms. The summed E-state index contributed by atoms with van der Waals surface area (Å²) in [4.78, 5) is 12.1. The van der Waals surface area contributed by atoms with Gasteiger partial charge in [0.15, 0.2) is 0 Å². The lowest BCUT2D eigenvalue weighted by Gasteiger charge is -2.43. The van der Waals surface area contributed by atoms with Crippen molar-refractivity contribution in [3.05, 3.63) is 48.0 Å². The first kappa shape index (κ1) is 13.8. The Kier molecular flexibility index (Phi) is 3.50. The lowest BCUT2D eigenvalue weighted by Crippen LogP contribution is -2.60. The molecule has 1 aromatic rings. The van der Waals surface area contributed by atoms with E-state index in [1.165, 1.54) is 0 Å². The number of carbonyl (C=O) groups excluding carboxylic acids is 1. The molecule has 3 heteroatoms. The highest BCUT2D eigenvalue weighted by atomic mass is 16.5. The van der Waals surface area contributed by atoms with E-state index < -0.39 is 0 Å². The van der Waals surface area contributed by atoms with E-state index in [9.17, 15) is 4.79 Å². The van der Waals surface area contributed by atoms with E-state index in [2.05, 4.69) is 19.2 Å². The van der Waals surface area contributed by atoms with Gasteiger partial charge in [0.1, 0.15) is 6.10 Å². The van der Waals surface area contributed by atoms with Crippen LogP contribution in [-0.4, -0.2) is 23.2 Å². The molecule has 3 nitrogen and oxygen atoms in total. The SMILES string of the molecule is CC1(C)C=CC(OC(=O)c2ccccc2)C(C)(C)N1. The van der Waals surface area contributed by atoms with Crippen LogP contribution in [0.2, 0.25) is 0 Å². The Hall–Kier alpha value is -1.61. The molecule has 0 aliphatic carbocycles. The van der Waals surface area contributed by atoms with Gasteiger partial charge >= 0.3 is 5.97 Å². The standard InChI is InChI=1S/C16H21NO2/c1-15(2)11-10-13(16(3,4)17-15)19-14(18)12-8-6-5-7-9-12/h5-11,13,17H,1-4H3. The fraction of sp³-hybridized carbons (Fsp3) is 0.438. The van der Waals surface area contributed by atoms with Crippen molar-refractivity contribution >= 4 is 5.97 Å². The van der Waals surface area contributed by atoms with Gasteiger partial charge in [0.05, 0.1) is 11.1 Å². The summed E-state index contributed by atoms with van der Waals surface area (Å²) in [6, 6.07) is 9.07. The zero-order chi connectivity index (χ0) is 14.1. The molecule has 0 spiro atoms. The van der Waals surface area contributed by atoms with E-state index in [-0.39, 0.29) is 23.2 Å². The molecule has 0 saturated carbocycles. The Morgan fingerprint density at radius 1 is 1.16 bits per heavy atom. The van der Waals surface area contributed by atoms with Crippen molar-refractivity contribution in [2.75, 3.05) is 0 Å². The van der Waals surface area contributed by atoms with Crippen LogP contribution >= 0.6 is 0 Å². The number of ether oxygens (including phenoxy) is 1. The van der Waals surface area contributed by atoms with Gasteiger partial charge in [0, 0.05) is 5.54 Å². The molecule has 0 amide bonds. The molecule has 0 radical (unpaired) electrons. The van der Waals surface area contributed by atoms with Crippen LogP contribution in [0.1, 0.15) is 38.1 Å². The first-order valence-corrected chi connectivity index (χ1v) is 6.55. The highest BCUT2D eigenvalue weighted by Gasteiger charge is 2.38. The number of hydrogen-bond acceptors (Lipinski definition) is 3. The van der Waals surface area contributed by atoms with Crippen LogP contribution in [0.4, 0.5) is 0 Å². The number of nitrogens with one attached hydrogen (secondary N) is 1. The van der Waals surface area contributed by atoms with Crippen molar-refractivity contribution in [2.45, 2.75) is 44.9 Å². The Morgan fingerprint density at radius 2 is 1.79 bits per heavy atom. The first-order chi connectivity index (χ1) is 8.80. The van der Waals surface area contributed by atoms with Crippen LogP contribution in [-0.2, 0) is 4.74 Å². The fourth-order valence-corrected chi connectivity index (χ4v) is 2.46. The average Bonchev–Trinajstić information content (AvgIpc) is 2.32. The topological polar surface area (TPSA) is 38.3 Å². The van der Waals surface area contributed by atoms with Crippen molar-refractivity contribution in [2.24, 2.45) is 0 Å². The van der Waals surface area contributed by atoms with Crippen molar-refractivity contribution in [3.8, 4) is 0 Å². The van der Waals surface area contributed by atoms with E-state index in [1.807, 2.05) is 44.2 Å². The second kappa shape index (κ2) is 4.82. The minimum absolute atomic E-state index is 0.0842. The van der Waals surface area contributed by atoms with Crippen LogP contribution in [0.15, 0.2) is 42.5 Å². The summed E-state index contributed by atoms with van der Waals surface area (Å²) in [6.45, 7) is 8.28. The lowest BCUT2D eigenvalue weighted by atomic mass is 9.86. The van der Waals surface area contributed by atoms with Crippen LogP contribution < -0.4 is 5.32 Å². The molecule has 1 aromatic carbocycles. The molecule has 0 bridgehead atoms. The van der Waals surface area contributed by atoms with Gasteiger partial charge in [-0.15, -0.1) is 0 Å². The number of rotatable bonds is 2. The lowest BCUT2D eigenvalue weighted by molar-refractivity contribution is 0.0141. The van der Waals surface area contributed by atoms with Crippen LogP contribution in [0.25, 0.3) is 0 Å². The maximum Gasteiger partial charge on any atom is 0.338 e. The number of esters is 1. The van der Waals surface area contributed by atoms with Gasteiger partial charge in [-0.05, 0) is 45.9 Å². The van der Waals surface area contributed by atoms with Gasteiger partial charge < -0.3 is 4.74 Å². The minimum atomic E-state index is -0.289. The maximum atomic E-state index is 12.1. The molecular formula is C16H21NO2. The molecule has 1 N–H and O–H groups in total. The zero-order valence-corrected chi connectivity index (χ0v) is 11.9. The summed E-state index contributed by atoms with van der Waals surface area (Å²) < 4.78 is 5.60. The van der Waals surface area contributed by atoms with Crippen LogP contribution in [0.3, 0.4) is 0 Å². The van der Waals surface area contributed by atoms with Gasteiger partial charge in [-0.1, -0.05) is 24.3 Å². The number of benzene rings is 1. The van der Waals surface area contributed by atoms with Crippen molar-refractivity contribution < 1.29 is 9.53 Å². The second-order valence-electron chi connectivity index (χ2n) is 6.12. The second-order valence-corrected chi connectivity index (χ2v) is 6.12. The van der Waals surface area contributed by atoms with Crippen LogP contribution in [0, 0.1) is 0 Å². The molecule has 1 atom stereocenters. The fourth-order valence-electron chi connectivity index (χ4n) is 2.46. The maximum absolute atomic E-state index is 12.1. The molecule has 1 aliphatic heterocycles. The van der Waals surface area contributed by atoms with Crippen molar-refractivity contribution in [3.63, 3.8) is 0 Å². The Bertz CT molecular complexity index is 489. The van der Waals surface area contributed by atoms with Gasteiger partial charge in [-0.3, -0.25) is 5.32 Å². The predicted molar refractivity (Wildman–Crippen MR) is 76.1 cm³/mol. The molecule has 0 aromatic heterocycles. The van der Waals surface area contributed by atoms with Crippen LogP contribution in [0.5, 0.6) is 0 Å². The summed E-state index contributed by atoms with van der Waals surface area (Å²) >= 11 is 0. The van der Waals surface area contributed by atoms with Gasteiger partial charge in [-0.2, -0.15) is 0 Å². The van der Waals surface area contributed by atoms with Crippen molar-refractivity contribution in [1.29, 1.82) is 0 Å². The highest BCUT2D eigenvalue weighted by Crippen LogP contribution is 2.25. The Labute approximate surface area is 114 Å². The molecule has 102 valence electrons. The molecule has 1 heterocycles. The minimum Gasteiger partial charge on any atom is -0.453 e. The molecule has 2 rings (SSSR count). The summed E-state index contributed by atoms with van der Waals surface area (Å²) in [5.41, 5.74) is 0.207. The smallest absolute Gasteiger partial charge is 0.338 e. The summed E-state index contributed by atoms with van der Waals surface area (Å²) in [5, 5.41) is 3.47. The molecule has 0 fully saturated rings. The normalized spacial score (nSPS) is 23.9. The van der Waals surface area contributed by atoms with E-state index in [0.717, 1.165) is 0 Å². The average molecular weight is 259 g/mol. The molecular weight excluding hydrogens is 238 g/mol. The third-order valence-electron chi connectivity index (χ3n) is 3.29. The largest absolute Gasteiger partial charge is 0.453 e. The summed E-state index contributed by atoms with van der Waals surface area (Å²) in [5.74, 6) is -0.287. The molecule has 1 unspecified atom stereocenters. The Balaban J connectivity index is 2.13. The third kappa shape index (κ3) is 3.24. The predicted octanol–water partition coefficient (Wildman–Crippen LogP) is 2.93. The number of carbonyl (C=O) groups is 1. The van der Waals surface area contributed by atoms with E-state index in [0.29, 0.717) is 5.56 Å². The van der Waals surface area contributed by atoms with E-state index in [1.54, 1.807) is 12.1 Å². The van der Waals surface area contributed by atoms with E-state index in [4.69, 9.17) is 4.74 Å². The summed E-state index contributed by atoms with van der Waals surface area (Å²) in [7, 11) is 0. The quantitative estimate of drug-likeness (QED) is 0.655. The highest BCUT2D eigenvalue weighted by molar-refractivity contribution is 5.89. The monoisotopic (exact) mass is 259 g/mol. The van der Waals surface area contributed by atoms with E-state index >= 15 is 0 Å².